The van der Waals surface area contributed by atoms with Crippen LogP contribution in [0.25, 0.3) is 0 Å². The summed E-state index contributed by atoms with van der Waals surface area (Å²) < 4.78 is 5.50. The lowest BCUT2D eigenvalue weighted by Crippen LogP contribution is -2.32. The molecule has 6 heteroatoms. The summed E-state index contributed by atoms with van der Waals surface area (Å²) in [6.45, 7) is 1.25. The number of anilines is 1. The summed E-state index contributed by atoms with van der Waals surface area (Å²) in [5, 5.41) is 7.52. The van der Waals surface area contributed by atoms with Gasteiger partial charge >= 0.3 is 0 Å². The van der Waals surface area contributed by atoms with Gasteiger partial charge in [-0.15, -0.1) is 11.3 Å². The molecule has 1 aromatic heterocycles. The molecule has 1 aromatic carbocycles. The predicted molar refractivity (Wildman–Crippen MR) is 90.0 cm³/mol. The summed E-state index contributed by atoms with van der Waals surface area (Å²) >= 11 is 1.36. The summed E-state index contributed by atoms with van der Waals surface area (Å²) in [5.41, 5.74) is 0.964. The van der Waals surface area contributed by atoms with Crippen LogP contribution in [0.5, 0.6) is 0 Å². The second kappa shape index (κ2) is 7.39. The van der Waals surface area contributed by atoms with Gasteiger partial charge in [0.05, 0.1) is 22.2 Å². The molecular weight excluding hydrogens is 312 g/mol. The molecule has 2 aromatic rings. The summed E-state index contributed by atoms with van der Waals surface area (Å²) in [6.07, 6.45) is 2.09. The van der Waals surface area contributed by atoms with Crippen LogP contribution in [0.2, 0.25) is 0 Å². The van der Waals surface area contributed by atoms with Crippen LogP contribution in [0.1, 0.15) is 32.9 Å². The molecule has 0 saturated carbocycles. The Bertz CT molecular complexity index is 679. The number of carbonyl (C=O) groups is 2. The Labute approximate surface area is 138 Å². The van der Waals surface area contributed by atoms with Crippen LogP contribution in [0.15, 0.2) is 41.8 Å². The minimum absolute atomic E-state index is 0.0897. The maximum Gasteiger partial charge on any atom is 0.265 e. The van der Waals surface area contributed by atoms with Crippen LogP contribution in [0, 0.1) is 0 Å². The molecule has 120 valence electrons. The van der Waals surface area contributed by atoms with Crippen LogP contribution in [-0.2, 0) is 4.74 Å². The third-order valence-electron chi connectivity index (χ3n) is 3.68. The summed E-state index contributed by atoms with van der Waals surface area (Å²) in [7, 11) is 0. The van der Waals surface area contributed by atoms with Crippen molar-refractivity contribution >= 4 is 28.8 Å². The lowest BCUT2D eigenvalue weighted by Gasteiger charge is -2.13. The molecule has 0 radical (unpaired) electrons. The van der Waals surface area contributed by atoms with E-state index in [0.717, 1.165) is 19.4 Å². The molecule has 2 N–H and O–H groups in total. The summed E-state index contributed by atoms with van der Waals surface area (Å²) in [6, 6.07) is 10.6. The molecule has 1 fully saturated rings. The number of hydrogen-bond acceptors (Lipinski definition) is 4. The minimum Gasteiger partial charge on any atom is -0.376 e. The molecule has 1 saturated heterocycles. The number of benzene rings is 1. The average Bonchev–Trinajstić information content (AvgIpc) is 3.26. The molecule has 23 heavy (non-hydrogen) atoms. The number of nitrogens with one attached hydrogen (secondary N) is 2. The summed E-state index contributed by atoms with van der Waals surface area (Å²) in [4.78, 5) is 25.2. The van der Waals surface area contributed by atoms with Crippen molar-refractivity contribution in [1.82, 2.24) is 5.32 Å². The molecule has 1 aliphatic heterocycles. The van der Waals surface area contributed by atoms with Crippen LogP contribution >= 0.6 is 11.3 Å². The molecule has 0 spiro atoms. The largest absolute Gasteiger partial charge is 0.376 e. The number of ether oxygens (including phenoxy) is 1. The molecule has 2 heterocycles. The van der Waals surface area contributed by atoms with E-state index in [0.29, 0.717) is 22.7 Å². The van der Waals surface area contributed by atoms with Gasteiger partial charge in [0.1, 0.15) is 0 Å². The smallest absolute Gasteiger partial charge is 0.265 e. The highest BCUT2D eigenvalue weighted by atomic mass is 32.1. The average molecular weight is 330 g/mol. The molecule has 1 aliphatic rings. The SMILES string of the molecule is O=C(Nc1ccccc1C(=O)NC[C@H]1CCCO1)c1cccs1. The van der Waals surface area contributed by atoms with Crippen LogP contribution in [-0.4, -0.2) is 31.1 Å². The Hall–Kier alpha value is -2.18. The van der Waals surface area contributed by atoms with Gasteiger partial charge < -0.3 is 15.4 Å². The molecule has 3 rings (SSSR count). The third-order valence-corrected chi connectivity index (χ3v) is 4.55. The number of carbonyl (C=O) groups excluding carboxylic acids is 2. The minimum atomic E-state index is -0.209. The fourth-order valence-corrected chi connectivity index (χ4v) is 3.11. The van der Waals surface area contributed by atoms with Crippen molar-refractivity contribution in [2.45, 2.75) is 18.9 Å². The fourth-order valence-electron chi connectivity index (χ4n) is 2.49. The van der Waals surface area contributed by atoms with E-state index in [-0.39, 0.29) is 17.9 Å². The zero-order valence-corrected chi connectivity index (χ0v) is 13.4. The van der Waals surface area contributed by atoms with Gasteiger partial charge in [-0.25, -0.2) is 0 Å². The number of para-hydroxylation sites is 1. The number of hydrogen-bond donors (Lipinski definition) is 2. The van der Waals surface area contributed by atoms with Gasteiger partial charge in [-0.2, -0.15) is 0 Å². The highest BCUT2D eigenvalue weighted by molar-refractivity contribution is 7.12. The van der Waals surface area contributed by atoms with E-state index in [1.165, 1.54) is 11.3 Å². The van der Waals surface area contributed by atoms with E-state index in [1.807, 2.05) is 11.4 Å². The quantitative estimate of drug-likeness (QED) is 0.886. The van der Waals surface area contributed by atoms with E-state index < -0.39 is 0 Å². The topological polar surface area (TPSA) is 67.4 Å². The monoisotopic (exact) mass is 330 g/mol. The van der Waals surface area contributed by atoms with Crippen molar-refractivity contribution in [2.24, 2.45) is 0 Å². The number of rotatable bonds is 5. The molecular formula is C17H18N2O3S. The molecule has 0 aliphatic carbocycles. The van der Waals surface area contributed by atoms with Gasteiger partial charge in [0.25, 0.3) is 11.8 Å². The Morgan fingerprint density at radius 3 is 2.78 bits per heavy atom. The van der Waals surface area contributed by atoms with Gasteiger partial charge in [-0.1, -0.05) is 18.2 Å². The van der Waals surface area contributed by atoms with E-state index >= 15 is 0 Å². The zero-order chi connectivity index (χ0) is 16.1. The van der Waals surface area contributed by atoms with Crippen molar-refractivity contribution in [3.05, 3.63) is 52.2 Å². The predicted octanol–water partition coefficient (Wildman–Crippen LogP) is 2.91. The first kappa shape index (κ1) is 15.7. The number of thiophene rings is 1. The van der Waals surface area contributed by atoms with E-state index in [9.17, 15) is 9.59 Å². The van der Waals surface area contributed by atoms with Crippen molar-refractivity contribution in [2.75, 3.05) is 18.5 Å². The highest BCUT2D eigenvalue weighted by Crippen LogP contribution is 2.18. The Kier molecular flexibility index (Phi) is 5.05. The van der Waals surface area contributed by atoms with Gasteiger partial charge in [0.2, 0.25) is 0 Å². The first-order valence-corrected chi connectivity index (χ1v) is 8.45. The normalized spacial score (nSPS) is 17.0. The third kappa shape index (κ3) is 3.97. The second-order valence-electron chi connectivity index (χ2n) is 5.32. The van der Waals surface area contributed by atoms with Crippen molar-refractivity contribution < 1.29 is 14.3 Å². The lowest BCUT2D eigenvalue weighted by atomic mass is 10.1. The lowest BCUT2D eigenvalue weighted by molar-refractivity contribution is 0.0858. The Morgan fingerprint density at radius 2 is 2.04 bits per heavy atom. The number of amides is 2. The van der Waals surface area contributed by atoms with E-state index in [4.69, 9.17) is 4.74 Å². The second-order valence-corrected chi connectivity index (χ2v) is 6.27. The molecule has 0 unspecified atom stereocenters. The molecule has 2 amide bonds. The molecule has 5 nitrogen and oxygen atoms in total. The highest BCUT2D eigenvalue weighted by Gasteiger charge is 2.18. The van der Waals surface area contributed by atoms with E-state index in [2.05, 4.69) is 10.6 Å². The van der Waals surface area contributed by atoms with E-state index in [1.54, 1.807) is 30.3 Å². The Balaban J connectivity index is 1.67. The maximum absolute atomic E-state index is 12.4. The van der Waals surface area contributed by atoms with Gasteiger partial charge in [-0.05, 0) is 36.4 Å². The van der Waals surface area contributed by atoms with Gasteiger partial charge in [0, 0.05) is 13.2 Å². The van der Waals surface area contributed by atoms with Crippen LogP contribution < -0.4 is 10.6 Å². The van der Waals surface area contributed by atoms with Crippen molar-refractivity contribution in [3.63, 3.8) is 0 Å². The first-order valence-electron chi connectivity index (χ1n) is 7.58. The van der Waals surface area contributed by atoms with Gasteiger partial charge in [-0.3, -0.25) is 9.59 Å². The van der Waals surface area contributed by atoms with Crippen molar-refractivity contribution in [1.29, 1.82) is 0 Å². The van der Waals surface area contributed by atoms with Crippen LogP contribution in [0.3, 0.4) is 0 Å². The fraction of sp³-hybridized carbons (Fsp3) is 0.294. The zero-order valence-electron chi connectivity index (χ0n) is 12.6. The first-order chi connectivity index (χ1) is 11.2. The standard InChI is InChI=1S/C17H18N2O3S/c20-16(18-11-12-5-3-9-22-12)13-6-1-2-7-14(13)19-17(21)15-8-4-10-23-15/h1-2,4,6-8,10,12H,3,5,9,11H2,(H,18,20)(H,19,21)/t12-/m1/s1. The summed E-state index contributed by atoms with van der Waals surface area (Å²) in [5.74, 6) is -0.415. The molecule has 0 bridgehead atoms. The van der Waals surface area contributed by atoms with Crippen LogP contribution in [0.4, 0.5) is 5.69 Å². The van der Waals surface area contributed by atoms with Gasteiger partial charge in [0.15, 0.2) is 0 Å². The Morgan fingerprint density at radius 1 is 1.17 bits per heavy atom. The molecule has 1 atom stereocenters. The van der Waals surface area contributed by atoms with Crippen molar-refractivity contribution in [3.8, 4) is 0 Å². The maximum atomic E-state index is 12.4.